The zero-order chi connectivity index (χ0) is 21.1. The van der Waals surface area contributed by atoms with Gasteiger partial charge in [0.1, 0.15) is 23.4 Å². The summed E-state index contributed by atoms with van der Waals surface area (Å²) in [6.07, 6.45) is -4.01. The number of benzene rings is 2. The Bertz CT molecular complexity index is 1030. The van der Waals surface area contributed by atoms with Crippen LogP contribution < -0.4 is 4.74 Å². The van der Waals surface area contributed by atoms with E-state index in [1.54, 1.807) is 0 Å². The van der Waals surface area contributed by atoms with E-state index in [1.807, 2.05) is 0 Å². The SMILES string of the molecule is Cc1cc(F)cc(Oc2ccc(S(=O)(=O)C(F)(F)F)c3c2CC(F)(F)[C@H]3O)c1. The molecule has 0 heterocycles. The largest absolute Gasteiger partial charge is 0.501 e. The Morgan fingerprint density at radius 2 is 1.82 bits per heavy atom. The Morgan fingerprint density at radius 1 is 1.18 bits per heavy atom. The van der Waals surface area contributed by atoms with Gasteiger partial charge in [-0.25, -0.2) is 21.6 Å². The van der Waals surface area contributed by atoms with E-state index in [2.05, 4.69) is 0 Å². The third-order valence-electron chi connectivity index (χ3n) is 4.20. The smallest absolute Gasteiger partial charge is 0.457 e. The lowest BCUT2D eigenvalue weighted by molar-refractivity contribution is -0.0978. The van der Waals surface area contributed by atoms with E-state index in [-0.39, 0.29) is 5.75 Å². The second kappa shape index (κ2) is 6.38. The zero-order valence-electron chi connectivity index (χ0n) is 14.0. The summed E-state index contributed by atoms with van der Waals surface area (Å²) in [5.41, 5.74) is -6.99. The molecule has 1 aliphatic carbocycles. The highest BCUT2D eigenvalue weighted by Gasteiger charge is 2.55. The Labute approximate surface area is 155 Å². The minimum Gasteiger partial charge on any atom is -0.457 e. The molecule has 1 N–H and O–H groups in total. The Morgan fingerprint density at radius 3 is 2.39 bits per heavy atom. The van der Waals surface area contributed by atoms with Gasteiger partial charge < -0.3 is 9.84 Å². The number of fused-ring (bicyclic) bond motifs is 1. The zero-order valence-corrected chi connectivity index (χ0v) is 14.8. The number of aliphatic hydroxyl groups excluding tert-OH is 1. The van der Waals surface area contributed by atoms with Gasteiger partial charge in [-0.1, -0.05) is 0 Å². The molecule has 2 aromatic carbocycles. The van der Waals surface area contributed by atoms with Crippen molar-refractivity contribution < 1.29 is 44.6 Å². The van der Waals surface area contributed by atoms with E-state index < -0.39 is 61.4 Å². The topological polar surface area (TPSA) is 63.6 Å². The molecule has 4 nitrogen and oxygen atoms in total. The number of rotatable bonds is 3. The average Bonchev–Trinajstić information content (AvgIpc) is 2.76. The van der Waals surface area contributed by atoms with Crippen molar-refractivity contribution >= 4 is 9.84 Å². The second-order valence-corrected chi connectivity index (χ2v) is 8.22. The quantitative estimate of drug-likeness (QED) is 0.737. The van der Waals surface area contributed by atoms with Gasteiger partial charge in [0.15, 0.2) is 0 Å². The van der Waals surface area contributed by atoms with Gasteiger partial charge in [-0.05, 0) is 36.8 Å². The van der Waals surface area contributed by atoms with Gasteiger partial charge in [0, 0.05) is 23.6 Å². The number of alkyl halides is 5. The molecule has 3 rings (SSSR count). The lowest BCUT2D eigenvalue weighted by Gasteiger charge is -2.17. The van der Waals surface area contributed by atoms with Crippen molar-refractivity contribution in [2.75, 3.05) is 0 Å². The molecule has 0 fully saturated rings. The molecular weight excluding hydrogens is 414 g/mol. The molecular formula is C17H12F6O4S. The maximum Gasteiger partial charge on any atom is 0.501 e. The lowest BCUT2D eigenvalue weighted by Crippen LogP contribution is -2.26. The number of aliphatic hydroxyl groups is 1. The van der Waals surface area contributed by atoms with Crippen molar-refractivity contribution in [3.05, 3.63) is 52.8 Å². The first-order valence-electron chi connectivity index (χ1n) is 7.72. The van der Waals surface area contributed by atoms with Crippen molar-refractivity contribution in [3.8, 4) is 11.5 Å². The van der Waals surface area contributed by atoms with Crippen molar-refractivity contribution in [1.29, 1.82) is 0 Å². The molecule has 152 valence electrons. The average molecular weight is 426 g/mol. The highest BCUT2D eigenvalue weighted by atomic mass is 32.2. The standard InChI is InChI=1S/C17H12F6O4S/c1-8-4-9(18)6-10(5-8)27-12-2-3-13(28(25,26)17(21,22)23)14-11(12)7-16(19,20)15(14)24/h2-6,15,24H,7H2,1H3/t15-/m0/s1. The monoisotopic (exact) mass is 426 g/mol. The van der Waals surface area contributed by atoms with Crippen LogP contribution in [-0.4, -0.2) is 25.0 Å². The first-order chi connectivity index (χ1) is 12.7. The maximum atomic E-state index is 14.0. The predicted octanol–water partition coefficient (Wildman–Crippen LogP) is 4.44. The van der Waals surface area contributed by atoms with E-state index >= 15 is 0 Å². The first-order valence-corrected chi connectivity index (χ1v) is 9.20. The van der Waals surface area contributed by atoms with E-state index in [0.717, 1.165) is 18.2 Å². The number of halogens is 6. The van der Waals surface area contributed by atoms with Crippen LogP contribution in [-0.2, 0) is 16.3 Å². The van der Waals surface area contributed by atoms with E-state index in [4.69, 9.17) is 4.74 Å². The molecule has 11 heteroatoms. The van der Waals surface area contributed by atoms with Gasteiger partial charge >= 0.3 is 5.51 Å². The van der Waals surface area contributed by atoms with Gasteiger partial charge in [0.25, 0.3) is 15.8 Å². The fourth-order valence-corrected chi connectivity index (χ4v) is 4.01. The van der Waals surface area contributed by atoms with Gasteiger partial charge in [-0.2, -0.15) is 13.2 Å². The number of hydrogen-bond acceptors (Lipinski definition) is 4. The summed E-state index contributed by atoms with van der Waals surface area (Å²) in [6, 6.07) is 4.64. The normalized spacial score (nSPS) is 18.8. The number of hydrogen-bond donors (Lipinski definition) is 1. The van der Waals surface area contributed by atoms with Crippen LogP contribution in [0.25, 0.3) is 0 Å². The minimum absolute atomic E-state index is 0.129. The molecule has 0 saturated carbocycles. The van der Waals surface area contributed by atoms with E-state index in [0.29, 0.717) is 11.6 Å². The molecule has 0 aromatic heterocycles. The van der Waals surface area contributed by atoms with Crippen LogP contribution >= 0.6 is 0 Å². The molecule has 0 radical (unpaired) electrons. The number of aryl methyl sites for hydroxylation is 1. The highest BCUT2D eigenvalue weighted by Crippen LogP contribution is 2.51. The van der Waals surface area contributed by atoms with Crippen LogP contribution in [0.2, 0.25) is 0 Å². The summed E-state index contributed by atoms with van der Waals surface area (Å²) in [5.74, 6) is -5.14. The van der Waals surface area contributed by atoms with E-state index in [1.165, 1.54) is 13.0 Å². The third-order valence-corrected chi connectivity index (χ3v) is 5.74. The van der Waals surface area contributed by atoms with E-state index in [9.17, 15) is 39.9 Å². The summed E-state index contributed by atoms with van der Waals surface area (Å²) in [7, 11) is -6.00. The molecule has 0 aliphatic heterocycles. The summed E-state index contributed by atoms with van der Waals surface area (Å²) in [4.78, 5) is -1.47. The molecule has 0 saturated heterocycles. The van der Waals surface area contributed by atoms with Crippen LogP contribution in [0.3, 0.4) is 0 Å². The van der Waals surface area contributed by atoms with Crippen LogP contribution in [0.1, 0.15) is 22.8 Å². The van der Waals surface area contributed by atoms with Crippen molar-refractivity contribution in [2.45, 2.75) is 35.8 Å². The van der Waals surface area contributed by atoms with Gasteiger partial charge in [-0.3, -0.25) is 0 Å². The molecule has 0 bridgehead atoms. The van der Waals surface area contributed by atoms with Crippen LogP contribution in [0.15, 0.2) is 35.2 Å². The molecule has 0 amide bonds. The van der Waals surface area contributed by atoms with Crippen LogP contribution in [0.4, 0.5) is 26.3 Å². The number of ether oxygens (including phenoxy) is 1. The Balaban J connectivity index is 2.19. The fourth-order valence-electron chi connectivity index (χ4n) is 2.99. The summed E-state index contributed by atoms with van der Waals surface area (Å²) < 4.78 is 109. The summed E-state index contributed by atoms with van der Waals surface area (Å²) >= 11 is 0. The lowest BCUT2D eigenvalue weighted by atomic mass is 10.1. The van der Waals surface area contributed by atoms with Crippen molar-refractivity contribution in [3.63, 3.8) is 0 Å². The molecule has 0 spiro atoms. The summed E-state index contributed by atoms with van der Waals surface area (Å²) in [6.45, 7) is 1.53. The molecule has 28 heavy (non-hydrogen) atoms. The fraction of sp³-hybridized carbons (Fsp3) is 0.294. The van der Waals surface area contributed by atoms with Gasteiger partial charge in [-0.15, -0.1) is 0 Å². The minimum atomic E-state index is -6.00. The maximum absolute atomic E-state index is 14.0. The molecule has 0 unspecified atom stereocenters. The molecule has 2 aromatic rings. The molecule has 1 atom stereocenters. The van der Waals surface area contributed by atoms with Crippen molar-refractivity contribution in [2.24, 2.45) is 0 Å². The third kappa shape index (κ3) is 3.32. The Hall–Kier alpha value is -2.27. The van der Waals surface area contributed by atoms with Crippen LogP contribution in [0, 0.1) is 12.7 Å². The number of sulfone groups is 1. The predicted molar refractivity (Wildman–Crippen MR) is 84.5 cm³/mol. The van der Waals surface area contributed by atoms with Crippen molar-refractivity contribution in [1.82, 2.24) is 0 Å². The second-order valence-electron chi connectivity index (χ2n) is 6.31. The Kier molecular flexibility index (Phi) is 4.66. The highest BCUT2D eigenvalue weighted by molar-refractivity contribution is 7.92. The van der Waals surface area contributed by atoms with Gasteiger partial charge in [0.2, 0.25) is 0 Å². The first kappa shape index (κ1) is 20.5. The van der Waals surface area contributed by atoms with Gasteiger partial charge in [0.05, 0.1) is 4.90 Å². The molecule has 1 aliphatic rings. The summed E-state index contributed by atoms with van der Waals surface area (Å²) in [5, 5.41) is 9.80. The van der Waals surface area contributed by atoms with Crippen LogP contribution in [0.5, 0.6) is 11.5 Å².